The Kier molecular flexibility index (Phi) is 9.29. The van der Waals surface area contributed by atoms with Crippen LogP contribution in [0.15, 0.2) is 0 Å². The summed E-state index contributed by atoms with van der Waals surface area (Å²) < 4.78 is 15.7. The molecule has 0 aromatic carbocycles. The van der Waals surface area contributed by atoms with Crippen molar-refractivity contribution in [2.45, 2.75) is 39.6 Å². The quantitative estimate of drug-likeness (QED) is 0.454. The summed E-state index contributed by atoms with van der Waals surface area (Å²) >= 11 is 0. The summed E-state index contributed by atoms with van der Waals surface area (Å²) in [5, 5.41) is 9.62. The molecule has 0 bridgehead atoms. The maximum atomic E-state index is 9.62. The molecule has 0 radical (unpaired) electrons. The SMILES string of the molecule is CCCOCC(O)C(OCC)OCC. The van der Waals surface area contributed by atoms with Crippen LogP contribution in [0.25, 0.3) is 0 Å². The average molecular weight is 206 g/mol. The van der Waals surface area contributed by atoms with Gasteiger partial charge in [0.1, 0.15) is 6.10 Å². The van der Waals surface area contributed by atoms with Crippen LogP contribution < -0.4 is 0 Å². The van der Waals surface area contributed by atoms with Gasteiger partial charge in [-0.2, -0.15) is 0 Å². The predicted octanol–water partition coefficient (Wildman–Crippen LogP) is 1.17. The maximum absolute atomic E-state index is 9.62. The van der Waals surface area contributed by atoms with Gasteiger partial charge >= 0.3 is 0 Å². The number of ether oxygens (including phenoxy) is 3. The number of aliphatic hydroxyl groups excluding tert-OH is 1. The van der Waals surface area contributed by atoms with Crippen molar-refractivity contribution < 1.29 is 19.3 Å². The number of hydrogen-bond donors (Lipinski definition) is 1. The standard InChI is InChI=1S/C10H22O4/c1-4-7-12-8-9(11)10(13-5-2)14-6-3/h9-11H,4-8H2,1-3H3. The van der Waals surface area contributed by atoms with Crippen LogP contribution in [0.4, 0.5) is 0 Å². The van der Waals surface area contributed by atoms with Crippen LogP contribution in [-0.2, 0) is 14.2 Å². The predicted molar refractivity (Wildman–Crippen MR) is 54.2 cm³/mol. The largest absolute Gasteiger partial charge is 0.385 e. The van der Waals surface area contributed by atoms with Crippen LogP contribution in [0.5, 0.6) is 0 Å². The van der Waals surface area contributed by atoms with Gasteiger partial charge in [0.05, 0.1) is 6.61 Å². The topological polar surface area (TPSA) is 47.9 Å². The molecule has 86 valence electrons. The Morgan fingerprint density at radius 3 is 2.07 bits per heavy atom. The molecule has 0 amide bonds. The van der Waals surface area contributed by atoms with E-state index in [1.54, 1.807) is 0 Å². The minimum Gasteiger partial charge on any atom is -0.385 e. The molecule has 0 aromatic heterocycles. The molecule has 4 nitrogen and oxygen atoms in total. The first-order valence-electron chi connectivity index (χ1n) is 5.25. The zero-order valence-electron chi connectivity index (χ0n) is 9.36. The molecule has 0 saturated heterocycles. The third kappa shape index (κ3) is 6.32. The third-order valence-corrected chi connectivity index (χ3v) is 1.61. The van der Waals surface area contributed by atoms with Gasteiger partial charge in [-0.25, -0.2) is 0 Å². The van der Waals surface area contributed by atoms with Gasteiger partial charge in [0.2, 0.25) is 0 Å². The van der Waals surface area contributed by atoms with Crippen LogP contribution in [0, 0.1) is 0 Å². The summed E-state index contributed by atoms with van der Waals surface area (Å²) in [6, 6.07) is 0. The summed E-state index contributed by atoms with van der Waals surface area (Å²) in [6.45, 7) is 7.72. The lowest BCUT2D eigenvalue weighted by atomic mass is 10.3. The highest BCUT2D eigenvalue weighted by Gasteiger charge is 2.19. The lowest BCUT2D eigenvalue weighted by Crippen LogP contribution is -2.35. The lowest BCUT2D eigenvalue weighted by molar-refractivity contribution is -0.200. The summed E-state index contributed by atoms with van der Waals surface area (Å²) in [4.78, 5) is 0. The first kappa shape index (κ1) is 13.8. The molecule has 0 spiro atoms. The fraction of sp³-hybridized carbons (Fsp3) is 1.00. The minimum absolute atomic E-state index is 0.262. The molecule has 4 heteroatoms. The van der Waals surface area contributed by atoms with Gasteiger partial charge in [-0.1, -0.05) is 6.92 Å². The van der Waals surface area contributed by atoms with E-state index >= 15 is 0 Å². The normalized spacial score (nSPS) is 13.5. The van der Waals surface area contributed by atoms with Crippen molar-refractivity contribution >= 4 is 0 Å². The molecular weight excluding hydrogens is 184 g/mol. The molecule has 1 unspecified atom stereocenters. The molecule has 0 heterocycles. The smallest absolute Gasteiger partial charge is 0.185 e. The molecule has 0 aliphatic rings. The molecule has 1 N–H and O–H groups in total. The molecule has 0 aliphatic heterocycles. The molecule has 0 aliphatic carbocycles. The summed E-state index contributed by atoms with van der Waals surface area (Å²) in [6.07, 6.45) is -0.330. The van der Waals surface area contributed by atoms with E-state index < -0.39 is 12.4 Å². The Bertz CT molecular complexity index is 113. The van der Waals surface area contributed by atoms with Gasteiger partial charge in [0, 0.05) is 19.8 Å². The molecule has 0 fully saturated rings. The zero-order chi connectivity index (χ0) is 10.8. The first-order valence-corrected chi connectivity index (χ1v) is 5.25. The van der Waals surface area contributed by atoms with Crippen LogP contribution in [0.2, 0.25) is 0 Å². The Morgan fingerprint density at radius 1 is 1.07 bits per heavy atom. The van der Waals surface area contributed by atoms with Crippen LogP contribution in [-0.4, -0.2) is 43.9 Å². The fourth-order valence-corrected chi connectivity index (χ4v) is 1.03. The number of aliphatic hydroxyl groups is 1. The van der Waals surface area contributed by atoms with Gasteiger partial charge in [-0.3, -0.25) is 0 Å². The molecule has 1 atom stereocenters. The van der Waals surface area contributed by atoms with Crippen molar-refractivity contribution in [3.8, 4) is 0 Å². The fourth-order valence-electron chi connectivity index (χ4n) is 1.03. The third-order valence-electron chi connectivity index (χ3n) is 1.61. The van der Waals surface area contributed by atoms with Crippen molar-refractivity contribution in [2.75, 3.05) is 26.4 Å². The highest BCUT2D eigenvalue weighted by molar-refractivity contribution is 4.58. The van der Waals surface area contributed by atoms with E-state index in [1.165, 1.54) is 0 Å². The van der Waals surface area contributed by atoms with Crippen molar-refractivity contribution in [3.05, 3.63) is 0 Å². The average Bonchev–Trinajstić information content (AvgIpc) is 2.18. The molecule has 0 saturated carbocycles. The van der Waals surface area contributed by atoms with Gasteiger partial charge in [0.15, 0.2) is 6.29 Å². The minimum atomic E-state index is -0.707. The second-order valence-corrected chi connectivity index (χ2v) is 2.92. The Balaban J connectivity index is 3.69. The highest BCUT2D eigenvalue weighted by Crippen LogP contribution is 2.03. The van der Waals surface area contributed by atoms with E-state index in [4.69, 9.17) is 14.2 Å². The molecule has 0 rings (SSSR count). The lowest BCUT2D eigenvalue weighted by Gasteiger charge is -2.22. The second-order valence-electron chi connectivity index (χ2n) is 2.92. The van der Waals surface area contributed by atoms with Gasteiger partial charge < -0.3 is 19.3 Å². The van der Waals surface area contributed by atoms with E-state index in [1.807, 2.05) is 20.8 Å². The van der Waals surface area contributed by atoms with Crippen molar-refractivity contribution in [2.24, 2.45) is 0 Å². The van der Waals surface area contributed by atoms with Crippen LogP contribution in [0.1, 0.15) is 27.2 Å². The molecule has 0 aromatic rings. The van der Waals surface area contributed by atoms with Gasteiger partial charge in [-0.15, -0.1) is 0 Å². The number of hydrogen-bond acceptors (Lipinski definition) is 4. The Morgan fingerprint density at radius 2 is 1.64 bits per heavy atom. The van der Waals surface area contributed by atoms with E-state index in [-0.39, 0.29) is 6.61 Å². The number of rotatable bonds is 9. The summed E-state index contributed by atoms with van der Waals surface area (Å²) in [5.41, 5.74) is 0. The van der Waals surface area contributed by atoms with E-state index in [9.17, 15) is 5.11 Å². The second kappa shape index (κ2) is 9.40. The van der Waals surface area contributed by atoms with Crippen LogP contribution in [0.3, 0.4) is 0 Å². The van der Waals surface area contributed by atoms with E-state index in [2.05, 4.69) is 0 Å². The van der Waals surface area contributed by atoms with Gasteiger partial charge in [-0.05, 0) is 20.3 Å². The molecule has 14 heavy (non-hydrogen) atoms. The van der Waals surface area contributed by atoms with E-state index in [0.717, 1.165) is 6.42 Å². The monoisotopic (exact) mass is 206 g/mol. The van der Waals surface area contributed by atoms with Crippen LogP contribution >= 0.6 is 0 Å². The van der Waals surface area contributed by atoms with Crippen molar-refractivity contribution in [1.82, 2.24) is 0 Å². The highest BCUT2D eigenvalue weighted by atomic mass is 16.7. The summed E-state index contributed by atoms with van der Waals surface area (Å²) in [7, 11) is 0. The Hall–Kier alpha value is -0.160. The Labute approximate surface area is 86.2 Å². The van der Waals surface area contributed by atoms with Crippen molar-refractivity contribution in [3.63, 3.8) is 0 Å². The first-order chi connectivity index (χ1) is 6.76. The molecular formula is C10H22O4. The maximum Gasteiger partial charge on any atom is 0.185 e. The summed E-state index contributed by atoms with van der Waals surface area (Å²) in [5.74, 6) is 0. The zero-order valence-corrected chi connectivity index (χ0v) is 9.36. The van der Waals surface area contributed by atoms with E-state index in [0.29, 0.717) is 19.8 Å². The van der Waals surface area contributed by atoms with Crippen molar-refractivity contribution in [1.29, 1.82) is 0 Å². The van der Waals surface area contributed by atoms with Gasteiger partial charge in [0.25, 0.3) is 0 Å².